The van der Waals surface area contributed by atoms with Crippen LogP contribution in [-0.4, -0.2) is 40.7 Å². The quantitative estimate of drug-likeness (QED) is 0.599. The Bertz CT molecular complexity index is 207. The summed E-state index contributed by atoms with van der Waals surface area (Å²) in [6, 6.07) is -0.0512. The van der Waals surface area contributed by atoms with E-state index < -0.39 is 0 Å². The number of carbonyl (C=O) groups excluding carboxylic acids is 1. The number of thioether (sulfide) groups is 1. The lowest BCUT2D eigenvalue weighted by Gasteiger charge is -2.22. The van der Waals surface area contributed by atoms with Gasteiger partial charge in [0.05, 0.1) is 12.1 Å². The van der Waals surface area contributed by atoms with Gasteiger partial charge in [-0.3, -0.25) is 0 Å². The van der Waals surface area contributed by atoms with Crippen LogP contribution in [0, 0.1) is 0 Å². The molecule has 2 aliphatic heterocycles. The van der Waals surface area contributed by atoms with Crippen molar-refractivity contribution >= 4 is 23.3 Å². The molecule has 0 saturated carbocycles. The Morgan fingerprint density at radius 2 is 2.64 bits per heavy atom. The van der Waals surface area contributed by atoms with Crippen LogP contribution in [0.3, 0.4) is 0 Å². The fourth-order valence-corrected chi connectivity index (χ4v) is 1.62. The number of hydrogen-bond acceptors (Lipinski definition) is 4. The van der Waals surface area contributed by atoms with Crippen LogP contribution >= 0.6 is 11.8 Å². The summed E-state index contributed by atoms with van der Waals surface area (Å²) in [6.45, 7) is 1.44. The van der Waals surface area contributed by atoms with E-state index in [9.17, 15) is 4.79 Å². The largest absolute Gasteiger partial charge is 0.337 e. The highest BCUT2D eigenvalue weighted by Crippen LogP contribution is 2.14. The van der Waals surface area contributed by atoms with Crippen LogP contribution in [0.5, 0.6) is 0 Å². The number of nitrogens with zero attached hydrogens (tertiary/aromatic N) is 3. The molecular formula is C5H8N4OS. The number of rotatable bonds is 1. The summed E-state index contributed by atoms with van der Waals surface area (Å²) < 4.78 is 0. The minimum absolute atomic E-state index is 0.0512. The van der Waals surface area contributed by atoms with Gasteiger partial charge in [0, 0.05) is 6.54 Å². The molecule has 6 heteroatoms. The number of hydrazine groups is 1. The lowest BCUT2D eigenvalue weighted by atomic mass is 10.7. The minimum atomic E-state index is -0.0512. The summed E-state index contributed by atoms with van der Waals surface area (Å²) in [5, 5.41) is 9.99. The Hall–Kier alpha value is -0.910. The van der Waals surface area contributed by atoms with Crippen molar-refractivity contribution in [3.05, 3.63) is 0 Å². The first kappa shape index (κ1) is 6.78. The van der Waals surface area contributed by atoms with E-state index in [0.29, 0.717) is 0 Å². The normalized spacial score (nSPS) is 23.1. The fraction of sp³-hybridized carbons (Fsp3) is 0.600. The molecule has 0 spiro atoms. The molecule has 0 aromatic rings. The van der Waals surface area contributed by atoms with Crippen molar-refractivity contribution in [1.82, 2.24) is 15.4 Å². The Morgan fingerprint density at radius 1 is 1.73 bits per heavy atom. The second-order valence-electron chi connectivity index (χ2n) is 2.24. The number of hydrogen-bond donors (Lipinski definition) is 1. The number of nitrogens with one attached hydrogen (secondary N) is 1. The van der Waals surface area contributed by atoms with Crippen LogP contribution in [0.2, 0.25) is 0 Å². The zero-order chi connectivity index (χ0) is 7.68. The molecule has 5 nitrogen and oxygen atoms in total. The van der Waals surface area contributed by atoms with E-state index >= 15 is 0 Å². The van der Waals surface area contributed by atoms with Crippen LogP contribution in [-0.2, 0) is 0 Å². The zero-order valence-corrected chi connectivity index (χ0v) is 6.67. The maximum atomic E-state index is 11.1. The van der Waals surface area contributed by atoms with E-state index in [4.69, 9.17) is 0 Å². The summed E-state index contributed by atoms with van der Waals surface area (Å²) in [4.78, 5) is 11.1. The lowest BCUT2D eigenvalue weighted by molar-refractivity contribution is 0.0594. The SMILES string of the molecule is O=C1NCCN1N1CSC=N1. The van der Waals surface area contributed by atoms with Crippen molar-refractivity contribution in [2.75, 3.05) is 19.0 Å². The van der Waals surface area contributed by atoms with Gasteiger partial charge in [-0.25, -0.2) is 9.80 Å². The maximum absolute atomic E-state index is 11.1. The molecule has 2 amide bonds. The minimum Gasteiger partial charge on any atom is -0.335 e. The number of amides is 2. The predicted molar refractivity (Wildman–Crippen MR) is 42.9 cm³/mol. The van der Waals surface area contributed by atoms with Crippen molar-refractivity contribution in [2.45, 2.75) is 0 Å². The van der Waals surface area contributed by atoms with E-state index in [1.54, 1.807) is 27.4 Å². The third kappa shape index (κ3) is 1.13. The van der Waals surface area contributed by atoms with Gasteiger partial charge in [0.15, 0.2) is 0 Å². The third-order valence-corrected chi connectivity index (χ3v) is 2.18. The van der Waals surface area contributed by atoms with Crippen LogP contribution in [0.4, 0.5) is 4.79 Å². The van der Waals surface area contributed by atoms with E-state index in [1.165, 1.54) is 0 Å². The summed E-state index contributed by atoms with van der Waals surface area (Å²) in [6.07, 6.45) is 0. The summed E-state index contributed by atoms with van der Waals surface area (Å²) >= 11 is 1.58. The highest BCUT2D eigenvalue weighted by molar-refractivity contribution is 8.12. The molecule has 11 heavy (non-hydrogen) atoms. The van der Waals surface area contributed by atoms with Crippen LogP contribution in [0.15, 0.2) is 5.10 Å². The standard InChI is InChI=1S/C5H8N4OS/c10-5-6-1-2-8(5)9-4-11-3-7-9/h3H,1-2,4H2,(H,6,10). The fourth-order valence-electron chi connectivity index (χ4n) is 1.03. The first-order chi connectivity index (χ1) is 5.38. The molecule has 1 N–H and O–H groups in total. The molecular weight excluding hydrogens is 164 g/mol. The molecule has 60 valence electrons. The van der Waals surface area contributed by atoms with Gasteiger partial charge in [-0.1, -0.05) is 11.8 Å². The van der Waals surface area contributed by atoms with Gasteiger partial charge in [0.1, 0.15) is 5.88 Å². The molecule has 2 heterocycles. The average Bonchev–Trinajstić information content (AvgIpc) is 2.55. The van der Waals surface area contributed by atoms with Gasteiger partial charge in [-0.15, -0.1) is 0 Å². The van der Waals surface area contributed by atoms with Crippen molar-refractivity contribution < 1.29 is 4.79 Å². The Kier molecular flexibility index (Phi) is 1.61. The molecule has 0 aromatic heterocycles. The van der Waals surface area contributed by atoms with Crippen LogP contribution < -0.4 is 5.32 Å². The molecule has 0 aliphatic carbocycles. The lowest BCUT2D eigenvalue weighted by Crippen LogP contribution is -2.39. The number of hydrazone groups is 1. The van der Waals surface area contributed by atoms with Crippen LogP contribution in [0.1, 0.15) is 0 Å². The van der Waals surface area contributed by atoms with E-state index in [2.05, 4.69) is 10.4 Å². The molecule has 0 bridgehead atoms. The van der Waals surface area contributed by atoms with Crippen LogP contribution in [0.25, 0.3) is 0 Å². The predicted octanol–water partition coefficient (Wildman–Crippen LogP) is -0.124. The van der Waals surface area contributed by atoms with Gasteiger partial charge in [0.25, 0.3) is 0 Å². The Balaban J connectivity index is 2.03. The number of carbonyl (C=O) groups is 1. The first-order valence-corrected chi connectivity index (χ1v) is 4.40. The van der Waals surface area contributed by atoms with Crippen molar-refractivity contribution in [3.63, 3.8) is 0 Å². The highest BCUT2D eigenvalue weighted by Gasteiger charge is 2.26. The first-order valence-electron chi connectivity index (χ1n) is 3.35. The van der Waals surface area contributed by atoms with Gasteiger partial charge in [0.2, 0.25) is 0 Å². The van der Waals surface area contributed by atoms with Gasteiger partial charge >= 0.3 is 6.03 Å². The molecule has 1 fully saturated rings. The second-order valence-corrected chi connectivity index (χ2v) is 3.05. The molecule has 0 unspecified atom stereocenters. The van der Waals surface area contributed by atoms with Crippen molar-refractivity contribution in [2.24, 2.45) is 5.10 Å². The number of urea groups is 1. The zero-order valence-electron chi connectivity index (χ0n) is 5.86. The molecule has 1 saturated heterocycles. The topological polar surface area (TPSA) is 47.9 Å². The maximum Gasteiger partial charge on any atom is 0.337 e. The highest BCUT2D eigenvalue weighted by atomic mass is 32.2. The monoisotopic (exact) mass is 172 g/mol. The van der Waals surface area contributed by atoms with E-state index in [-0.39, 0.29) is 6.03 Å². The summed E-state index contributed by atoms with van der Waals surface area (Å²) in [7, 11) is 0. The third-order valence-electron chi connectivity index (χ3n) is 1.56. The Labute approximate surface area is 68.4 Å². The smallest absolute Gasteiger partial charge is 0.335 e. The van der Waals surface area contributed by atoms with Gasteiger partial charge < -0.3 is 5.32 Å². The van der Waals surface area contributed by atoms with Gasteiger partial charge in [-0.2, -0.15) is 10.2 Å². The molecule has 0 aromatic carbocycles. The van der Waals surface area contributed by atoms with Crippen molar-refractivity contribution in [3.8, 4) is 0 Å². The summed E-state index contributed by atoms with van der Waals surface area (Å²) in [5.41, 5.74) is 1.74. The second kappa shape index (κ2) is 2.61. The summed E-state index contributed by atoms with van der Waals surface area (Å²) in [5.74, 6) is 0.743. The van der Waals surface area contributed by atoms with E-state index in [0.717, 1.165) is 19.0 Å². The van der Waals surface area contributed by atoms with E-state index in [1.807, 2.05) is 0 Å². The average molecular weight is 172 g/mol. The molecule has 0 atom stereocenters. The Morgan fingerprint density at radius 3 is 3.18 bits per heavy atom. The molecule has 2 aliphatic rings. The molecule has 0 radical (unpaired) electrons. The van der Waals surface area contributed by atoms with Crippen molar-refractivity contribution in [1.29, 1.82) is 0 Å². The molecule has 2 rings (SSSR count). The van der Waals surface area contributed by atoms with Gasteiger partial charge in [-0.05, 0) is 0 Å².